The number of para-hydroxylation sites is 1. The van der Waals surface area contributed by atoms with Crippen LogP contribution in [0.2, 0.25) is 0 Å². The minimum atomic E-state index is -0.948. The van der Waals surface area contributed by atoms with E-state index in [9.17, 15) is 20.1 Å². The number of benzene rings is 1. The van der Waals surface area contributed by atoms with Crippen LogP contribution in [0.15, 0.2) is 23.2 Å². The Morgan fingerprint density at radius 2 is 1.95 bits per heavy atom. The van der Waals surface area contributed by atoms with Crippen LogP contribution in [-0.2, 0) is 4.79 Å². The van der Waals surface area contributed by atoms with Gasteiger partial charge in [0, 0.05) is 24.3 Å². The van der Waals surface area contributed by atoms with Crippen molar-refractivity contribution >= 4 is 12.2 Å². The number of hydrogen-bond donors (Lipinski definition) is 2. The Bertz CT molecular complexity index is 510. The van der Waals surface area contributed by atoms with Gasteiger partial charge in [-0.3, -0.25) is 4.99 Å². The number of carboxylic acid groups (broad SMARTS) is 1. The summed E-state index contributed by atoms with van der Waals surface area (Å²) in [6.45, 7) is 0.606. The molecule has 1 aromatic carbocycles. The largest absolute Gasteiger partial charge is 1.00 e. The summed E-state index contributed by atoms with van der Waals surface area (Å²) < 4.78 is 0. The first-order chi connectivity index (χ1) is 9.58. The fourth-order valence-electron chi connectivity index (χ4n) is 2.53. The molecule has 108 valence electrons. The van der Waals surface area contributed by atoms with Crippen molar-refractivity contribution in [3.63, 3.8) is 0 Å². The molecule has 5 nitrogen and oxygen atoms in total. The molecule has 0 aliphatic heterocycles. The Morgan fingerprint density at radius 3 is 2.57 bits per heavy atom. The summed E-state index contributed by atoms with van der Waals surface area (Å²) in [4.78, 5) is 15.0. The number of aliphatic carboxylic acids is 1. The Morgan fingerprint density at radius 1 is 1.29 bits per heavy atom. The van der Waals surface area contributed by atoms with E-state index in [-0.39, 0.29) is 47.0 Å². The smallest absolute Gasteiger partial charge is 0.550 e. The number of aromatic hydroxyl groups is 2. The maximum atomic E-state index is 10.7. The molecule has 1 aliphatic carbocycles. The predicted molar refractivity (Wildman–Crippen MR) is 72.7 cm³/mol. The third-order valence-electron chi connectivity index (χ3n) is 3.82. The Kier molecular flexibility index (Phi) is 7.22. The zero-order chi connectivity index (χ0) is 14.5. The average molecular weight is 299 g/mol. The van der Waals surface area contributed by atoms with Gasteiger partial charge in [0.05, 0.1) is 0 Å². The average Bonchev–Trinajstić information content (AvgIpc) is 2.44. The molecule has 2 N–H and O–H groups in total. The number of aliphatic imine (C=N–C) groups is 1. The van der Waals surface area contributed by atoms with E-state index in [1.54, 1.807) is 18.3 Å². The van der Waals surface area contributed by atoms with Crippen LogP contribution >= 0.6 is 0 Å². The van der Waals surface area contributed by atoms with E-state index in [2.05, 4.69) is 4.99 Å². The number of phenolic OH excluding ortho intramolecular Hbond substituents is 2. The van der Waals surface area contributed by atoms with Crippen LogP contribution in [0.1, 0.15) is 31.2 Å². The van der Waals surface area contributed by atoms with E-state index in [1.807, 2.05) is 0 Å². The first-order valence-corrected chi connectivity index (χ1v) is 6.79. The van der Waals surface area contributed by atoms with Gasteiger partial charge in [-0.25, -0.2) is 0 Å². The number of phenols is 2. The quantitative estimate of drug-likeness (QED) is 0.385. The summed E-state index contributed by atoms with van der Waals surface area (Å²) in [6, 6.07) is 4.72. The molecule has 1 fully saturated rings. The normalized spacial score (nSPS) is 21.9. The van der Waals surface area contributed by atoms with Gasteiger partial charge in [0.25, 0.3) is 0 Å². The van der Waals surface area contributed by atoms with Crippen molar-refractivity contribution in [2.45, 2.75) is 25.7 Å². The number of carbonyl (C=O) groups excluding carboxylic acids is 1. The number of rotatable bonds is 4. The molecule has 1 aliphatic rings. The molecule has 0 radical (unpaired) electrons. The Balaban J connectivity index is 0.00000220. The first-order valence-electron chi connectivity index (χ1n) is 6.79. The standard InChI is InChI=1S/C15H19NO4.Na/c17-13-3-1-2-12(14(13)18)9-16-8-10-4-6-11(7-5-10)15(19)20;/h1-3,9-11,17-18H,4-8H2,(H,19,20);/q;+1/p-1/t10-,11-;. The van der Waals surface area contributed by atoms with Gasteiger partial charge in [-0.15, -0.1) is 0 Å². The zero-order valence-corrected chi connectivity index (χ0v) is 14.2. The molecule has 21 heavy (non-hydrogen) atoms. The van der Waals surface area contributed by atoms with Gasteiger partial charge in [-0.05, 0) is 49.7 Å². The molecule has 0 unspecified atom stereocenters. The van der Waals surface area contributed by atoms with Gasteiger partial charge in [-0.2, -0.15) is 0 Å². The molecule has 0 heterocycles. The molecule has 0 amide bonds. The molecule has 1 aromatic rings. The molecule has 0 bridgehead atoms. The van der Waals surface area contributed by atoms with Crippen LogP contribution in [-0.4, -0.2) is 28.9 Å². The third-order valence-corrected chi connectivity index (χ3v) is 3.82. The van der Waals surface area contributed by atoms with Gasteiger partial charge in [0.2, 0.25) is 0 Å². The summed E-state index contributed by atoms with van der Waals surface area (Å²) in [5.41, 5.74) is 0.480. The van der Waals surface area contributed by atoms with Crippen molar-refractivity contribution in [3.05, 3.63) is 23.8 Å². The molecule has 6 heteroatoms. The van der Waals surface area contributed by atoms with Crippen LogP contribution in [0.25, 0.3) is 0 Å². The SMILES string of the molecule is O=C([O-])[C@H]1CC[C@H](CN=Cc2cccc(O)c2O)CC1.[Na+]. The Hall–Kier alpha value is -1.04. The van der Waals surface area contributed by atoms with Crippen LogP contribution in [0, 0.1) is 11.8 Å². The van der Waals surface area contributed by atoms with Crippen LogP contribution < -0.4 is 34.7 Å². The van der Waals surface area contributed by atoms with Crippen LogP contribution in [0.5, 0.6) is 11.5 Å². The van der Waals surface area contributed by atoms with Gasteiger partial charge in [0.1, 0.15) is 0 Å². The second kappa shape index (κ2) is 8.41. The molecule has 2 rings (SSSR count). The number of nitrogens with zero attached hydrogens (tertiary/aromatic N) is 1. The van der Waals surface area contributed by atoms with Gasteiger partial charge in [0.15, 0.2) is 11.5 Å². The summed E-state index contributed by atoms with van der Waals surface area (Å²) in [6.07, 6.45) is 4.52. The van der Waals surface area contributed by atoms with E-state index >= 15 is 0 Å². The monoisotopic (exact) mass is 299 g/mol. The number of hydrogen-bond acceptors (Lipinski definition) is 5. The maximum absolute atomic E-state index is 10.7. The van der Waals surface area contributed by atoms with Gasteiger partial charge < -0.3 is 20.1 Å². The van der Waals surface area contributed by atoms with E-state index in [1.165, 1.54) is 6.07 Å². The molecule has 1 saturated carbocycles. The molecular formula is C15H18NNaO4. The summed E-state index contributed by atoms with van der Waals surface area (Å²) in [5, 5.41) is 29.7. The fraction of sp³-hybridized carbons (Fsp3) is 0.467. The second-order valence-corrected chi connectivity index (χ2v) is 5.25. The van der Waals surface area contributed by atoms with Crippen LogP contribution in [0.4, 0.5) is 0 Å². The molecule has 0 saturated heterocycles. The predicted octanol–water partition coefficient (Wildman–Crippen LogP) is -1.92. The fourth-order valence-corrected chi connectivity index (χ4v) is 2.53. The minimum absolute atomic E-state index is 0. The molecule has 0 aromatic heterocycles. The topological polar surface area (TPSA) is 93.0 Å². The third kappa shape index (κ3) is 5.02. The first kappa shape index (κ1) is 18.0. The van der Waals surface area contributed by atoms with Crippen molar-refractivity contribution in [2.75, 3.05) is 6.54 Å². The van der Waals surface area contributed by atoms with Crippen molar-refractivity contribution < 1.29 is 49.7 Å². The van der Waals surface area contributed by atoms with E-state index < -0.39 is 5.97 Å². The summed E-state index contributed by atoms with van der Waals surface area (Å²) in [7, 11) is 0. The number of carboxylic acids is 1. The van der Waals surface area contributed by atoms with Gasteiger partial charge in [-0.1, -0.05) is 6.07 Å². The van der Waals surface area contributed by atoms with Crippen LogP contribution in [0.3, 0.4) is 0 Å². The summed E-state index contributed by atoms with van der Waals surface area (Å²) >= 11 is 0. The van der Waals surface area contributed by atoms with Crippen molar-refractivity contribution in [2.24, 2.45) is 16.8 Å². The minimum Gasteiger partial charge on any atom is -0.550 e. The van der Waals surface area contributed by atoms with Gasteiger partial charge >= 0.3 is 29.6 Å². The second-order valence-electron chi connectivity index (χ2n) is 5.25. The number of carbonyl (C=O) groups is 1. The molecular weight excluding hydrogens is 281 g/mol. The zero-order valence-electron chi connectivity index (χ0n) is 12.2. The summed E-state index contributed by atoms with van der Waals surface area (Å²) in [5.74, 6) is -1.22. The maximum Gasteiger partial charge on any atom is 1.00 e. The van der Waals surface area contributed by atoms with E-state index in [0.29, 0.717) is 30.9 Å². The Labute approximate surface area is 146 Å². The van der Waals surface area contributed by atoms with E-state index in [0.717, 1.165) is 12.8 Å². The van der Waals surface area contributed by atoms with Crippen molar-refractivity contribution in [3.8, 4) is 11.5 Å². The molecule has 0 atom stereocenters. The van der Waals surface area contributed by atoms with Crippen molar-refractivity contribution in [1.29, 1.82) is 0 Å². The van der Waals surface area contributed by atoms with Crippen molar-refractivity contribution in [1.82, 2.24) is 0 Å². The molecule has 0 spiro atoms. The van der Waals surface area contributed by atoms with E-state index in [4.69, 9.17) is 0 Å².